The van der Waals surface area contributed by atoms with Gasteiger partial charge in [-0.2, -0.15) is 0 Å². The number of amides is 1. The maximum absolute atomic E-state index is 13.2. The summed E-state index contributed by atoms with van der Waals surface area (Å²) in [7, 11) is 0. The number of fused-ring (bicyclic) bond motifs is 1. The van der Waals surface area contributed by atoms with Gasteiger partial charge in [-0.3, -0.25) is 4.79 Å². The number of likely N-dealkylation sites (tertiary alicyclic amines) is 1. The van der Waals surface area contributed by atoms with E-state index in [9.17, 15) is 9.90 Å². The topological polar surface area (TPSA) is 45.5 Å². The fourth-order valence-electron chi connectivity index (χ4n) is 3.65. The Morgan fingerprint density at radius 2 is 1.83 bits per heavy atom. The van der Waals surface area contributed by atoms with Crippen LogP contribution < -0.4 is 0 Å². The smallest absolute Gasteiger partial charge is 0.257 e. The number of thiophene rings is 1. The number of hydrogen-bond acceptors (Lipinski definition) is 3. The highest BCUT2D eigenvalue weighted by Gasteiger charge is 2.30. The molecule has 0 atom stereocenters. The summed E-state index contributed by atoms with van der Waals surface area (Å²) in [6.07, 6.45) is 9.69. The number of aliphatic hydroxyl groups excluding tert-OH is 1. The van der Waals surface area contributed by atoms with Gasteiger partial charge in [0.25, 0.3) is 5.91 Å². The van der Waals surface area contributed by atoms with Gasteiger partial charge in [0.2, 0.25) is 0 Å². The monoisotopic (exact) mass is 330 g/mol. The van der Waals surface area contributed by atoms with E-state index < -0.39 is 0 Å². The largest absolute Gasteiger partial charge is 0.393 e. The molecule has 2 aromatic heterocycles. The van der Waals surface area contributed by atoms with Crippen molar-refractivity contribution >= 4 is 17.2 Å². The minimum Gasteiger partial charge on any atom is -0.393 e. The Kier molecular flexibility index (Phi) is 3.99. The minimum atomic E-state index is -0.251. The van der Waals surface area contributed by atoms with Crippen molar-refractivity contribution in [3.8, 4) is 5.00 Å². The Bertz CT molecular complexity index is 697. The molecule has 1 amide bonds. The fraction of sp³-hybridized carbons (Fsp3) is 0.500. The predicted molar refractivity (Wildman–Crippen MR) is 91.4 cm³/mol. The summed E-state index contributed by atoms with van der Waals surface area (Å²) in [6, 6.07) is 4.01. The van der Waals surface area contributed by atoms with Gasteiger partial charge in [-0.15, -0.1) is 11.3 Å². The van der Waals surface area contributed by atoms with E-state index in [2.05, 4.69) is 4.57 Å². The van der Waals surface area contributed by atoms with Crippen molar-refractivity contribution in [3.05, 3.63) is 40.5 Å². The van der Waals surface area contributed by atoms with Crippen molar-refractivity contribution in [1.82, 2.24) is 9.47 Å². The molecule has 0 spiro atoms. The van der Waals surface area contributed by atoms with Crippen LogP contribution in [0.1, 0.15) is 46.5 Å². The van der Waals surface area contributed by atoms with E-state index >= 15 is 0 Å². The second kappa shape index (κ2) is 6.13. The maximum Gasteiger partial charge on any atom is 0.257 e. The van der Waals surface area contributed by atoms with Crippen LogP contribution in [0.5, 0.6) is 0 Å². The number of piperidine rings is 1. The molecule has 1 fully saturated rings. The first-order valence-corrected chi connectivity index (χ1v) is 9.31. The number of carbonyl (C=O) groups is 1. The van der Waals surface area contributed by atoms with Gasteiger partial charge in [0.15, 0.2) is 0 Å². The van der Waals surface area contributed by atoms with Gasteiger partial charge in [-0.05, 0) is 56.2 Å². The third-order valence-corrected chi connectivity index (χ3v) is 6.26. The van der Waals surface area contributed by atoms with Gasteiger partial charge >= 0.3 is 0 Å². The molecule has 0 saturated carbocycles. The molecular weight excluding hydrogens is 308 g/mol. The van der Waals surface area contributed by atoms with Gasteiger partial charge in [0.1, 0.15) is 5.00 Å². The quantitative estimate of drug-likeness (QED) is 0.920. The molecule has 122 valence electrons. The molecule has 1 aliphatic carbocycles. The highest BCUT2D eigenvalue weighted by Crippen LogP contribution is 2.37. The Balaban J connectivity index is 1.74. The van der Waals surface area contributed by atoms with Crippen LogP contribution in [0.25, 0.3) is 5.00 Å². The Labute approximate surface area is 140 Å². The zero-order valence-corrected chi connectivity index (χ0v) is 14.0. The molecule has 1 saturated heterocycles. The highest BCUT2D eigenvalue weighted by molar-refractivity contribution is 7.15. The van der Waals surface area contributed by atoms with Gasteiger partial charge < -0.3 is 14.6 Å². The van der Waals surface area contributed by atoms with Crippen LogP contribution in [-0.2, 0) is 12.8 Å². The summed E-state index contributed by atoms with van der Waals surface area (Å²) in [4.78, 5) is 16.5. The van der Waals surface area contributed by atoms with Crippen LogP contribution in [0.3, 0.4) is 0 Å². The van der Waals surface area contributed by atoms with E-state index in [4.69, 9.17) is 0 Å². The Morgan fingerprint density at radius 1 is 1.13 bits per heavy atom. The molecule has 1 N–H and O–H groups in total. The SMILES string of the molecule is O=C(c1c(-n2cccc2)sc2c1CCCC2)N1CCC(O)CC1. The fourth-order valence-corrected chi connectivity index (χ4v) is 5.00. The van der Waals surface area contributed by atoms with Crippen molar-refractivity contribution in [2.24, 2.45) is 0 Å². The maximum atomic E-state index is 13.2. The van der Waals surface area contributed by atoms with E-state index in [-0.39, 0.29) is 12.0 Å². The Morgan fingerprint density at radius 3 is 2.57 bits per heavy atom. The lowest BCUT2D eigenvalue weighted by Crippen LogP contribution is -2.40. The minimum absolute atomic E-state index is 0.153. The summed E-state index contributed by atoms with van der Waals surface area (Å²) >= 11 is 1.78. The third kappa shape index (κ3) is 2.72. The van der Waals surface area contributed by atoms with Gasteiger partial charge in [-0.1, -0.05) is 0 Å². The number of hydrogen-bond donors (Lipinski definition) is 1. The number of carbonyl (C=O) groups excluding carboxylic acids is 1. The van der Waals surface area contributed by atoms with Crippen LogP contribution >= 0.6 is 11.3 Å². The molecule has 2 aromatic rings. The first-order chi connectivity index (χ1) is 11.2. The number of aromatic nitrogens is 1. The lowest BCUT2D eigenvalue weighted by atomic mass is 9.94. The molecular formula is C18H22N2O2S. The van der Waals surface area contributed by atoms with E-state index in [1.54, 1.807) is 11.3 Å². The predicted octanol–water partition coefficient (Wildman–Crippen LogP) is 3.01. The summed E-state index contributed by atoms with van der Waals surface area (Å²) in [5, 5.41) is 10.8. The van der Waals surface area contributed by atoms with Crippen molar-refractivity contribution in [2.45, 2.75) is 44.6 Å². The van der Waals surface area contributed by atoms with Crippen LogP contribution in [-0.4, -0.2) is 39.7 Å². The van der Waals surface area contributed by atoms with Gasteiger partial charge in [-0.25, -0.2) is 0 Å². The van der Waals surface area contributed by atoms with Crippen LogP contribution in [0.4, 0.5) is 0 Å². The number of rotatable bonds is 2. The summed E-state index contributed by atoms with van der Waals surface area (Å²) in [5.41, 5.74) is 2.19. The molecule has 5 heteroatoms. The second-order valence-electron chi connectivity index (χ2n) is 6.50. The van der Waals surface area contributed by atoms with E-state index in [0.717, 1.165) is 23.4 Å². The molecule has 23 heavy (non-hydrogen) atoms. The van der Waals surface area contributed by atoms with E-state index in [1.807, 2.05) is 29.4 Å². The average molecular weight is 330 g/mol. The second-order valence-corrected chi connectivity index (χ2v) is 7.59. The summed E-state index contributed by atoms with van der Waals surface area (Å²) in [6.45, 7) is 1.32. The molecule has 0 radical (unpaired) electrons. The third-order valence-electron chi connectivity index (χ3n) is 4.96. The van der Waals surface area contributed by atoms with Crippen LogP contribution in [0, 0.1) is 0 Å². The van der Waals surface area contributed by atoms with Gasteiger partial charge in [0, 0.05) is 30.4 Å². The molecule has 2 aliphatic rings. The lowest BCUT2D eigenvalue weighted by molar-refractivity contribution is 0.0546. The molecule has 1 aliphatic heterocycles. The van der Waals surface area contributed by atoms with Gasteiger partial charge in [0.05, 0.1) is 11.7 Å². The molecule has 4 nitrogen and oxygen atoms in total. The first kappa shape index (κ1) is 15.0. The van der Waals surface area contributed by atoms with E-state index in [0.29, 0.717) is 25.9 Å². The van der Waals surface area contributed by atoms with Crippen molar-refractivity contribution in [1.29, 1.82) is 0 Å². The van der Waals surface area contributed by atoms with Crippen LogP contribution in [0.15, 0.2) is 24.5 Å². The van der Waals surface area contributed by atoms with Crippen molar-refractivity contribution in [3.63, 3.8) is 0 Å². The van der Waals surface area contributed by atoms with Crippen molar-refractivity contribution in [2.75, 3.05) is 13.1 Å². The molecule has 4 rings (SSSR count). The first-order valence-electron chi connectivity index (χ1n) is 8.49. The number of aliphatic hydroxyl groups is 1. The lowest BCUT2D eigenvalue weighted by Gasteiger charge is -2.30. The molecule has 0 unspecified atom stereocenters. The number of nitrogens with zero attached hydrogens (tertiary/aromatic N) is 2. The zero-order valence-electron chi connectivity index (χ0n) is 13.2. The average Bonchev–Trinajstić information content (AvgIpc) is 3.22. The standard InChI is InChI=1S/C18H22N2O2S/c21-13-7-11-19(12-8-13)17(22)16-14-5-1-2-6-15(14)23-18(16)20-9-3-4-10-20/h3-4,9-10,13,21H,1-2,5-8,11-12H2. The summed E-state index contributed by atoms with van der Waals surface area (Å²) < 4.78 is 2.08. The van der Waals surface area contributed by atoms with Crippen molar-refractivity contribution < 1.29 is 9.90 Å². The normalized spacial score (nSPS) is 18.9. The highest BCUT2D eigenvalue weighted by atomic mass is 32.1. The molecule has 0 aromatic carbocycles. The molecule has 3 heterocycles. The van der Waals surface area contributed by atoms with E-state index in [1.165, 1.54) is 23.3 Å². The van der Waals surface area contributed by atoms with Crippen LogP contribution in [0.2, 0.25) is 0 Å². The zero-order chi connectivity index (χ0) is 15.8. The summed E-state index contributed by atoms with van der Waals surface area (Å²) in [5.74, 6) is 0.153. The number of aryl methyl sites for hydroxylation is 1. The molecule has 0 bridgehead atoms. The Hall–Kier alpha value is -1.59.